The molecule has 0 fully saturated rings. The second-order valence-corrected chi connectivity index (χ2v) is 4.02. The number of hydrogen-bond acceptors (Lipinski definition) is 2. The van der Waals surface area contributed by atoms with E-state index in [-0.39, 0.29) is 18.0 Å². The third kappa shape index (κ3) is 3.39. The summed E-state index contributed by atoms with van der Waals surface area (Å²) in [6.45, 7) is 7.50. The highest BCUT2D eigenvalue weighted by Crippen LogP contribution is 2.22. The topological polar surface area (TPSA) is 26.3 Å². The van der Waals surface area contributed by atoms with Crippen molar-refractivity contribution in [3.63, 3.8) is 0 Å². The standard InChI is InChI=1S/C13H18O2/c1-9-6-5-7-13(8-9)10(2)11(3)15-12(4)14/h5-8,10-11H,1-4H3/t10-,11+/m1/s1. The van der Waals surface area contributed by atoms with E-state index >= 15 is 0 Å². The van der Waals surface area contributed by atoms with Crippen LogP contribution < -0.4 is 0 Å². The Hall–Kier alpha value is -1.31. The van der Waals surface area contributed by atoms with Gasteiger partial charge in [-0.2, -0.15) is 0 Å². The fourth-order valence-corrected chi connectivity index (χ4v) is 1.59. The number of ether oxygens (including phenoxy) is 1. The number of hydrogen-bond donors (Lipinski definition) is 0. The Labute approximate surface area is 91.3 Å². The lowest BCUT2D eigenvalue weighted by Gasteiger charge is -2.20. The number of carbonyl (C=O) groups excluding carboxylic acids is 1. The maximum Gasteiger partial charge on any atom is 0.302 e. The number of aryl methyl sites for hydroxylation is 1. The first kappa shape index (κ1) is 11.8. The molecule has 0 bridgehead atoms. The molecule has 2 heteroatoms. The van der Waals surface area contributed by atoms with Gasteiger partial charge in [-0.05, 0) is 19.4 Å². The monoisotopic (exact) mass is 206 g/mol. The smallest absolute Gasteiger partial charge is 0.302 e. The Kier molecular flexibility index (Phi) is 3.89. The van der Waals surface area contributed by atoms with E-state index in [0.717, 1.165) is 0 Å². The van der Waals surface area contributed by atoms with Crippen molar-refractivity contribution in [2.24, 2.45) is 0 Å². The molecule has 15 heavy (non-hydrogen) atoms. The van der Waals surface area contributed by atoms with Crippen molar-refractivity contribution in [2.75, 3.05) is 0 Å². The molecule has 0 aromatic heterocycles. The number of esters is 1. The predicted molar refractivity (Wildman–Crippen MR) is 60.8 cm³/mol. The van der Waals surface area contributed by atoms with Crippen molar-refractivity contribution in [3.8, 4) is 0 Å². The first-order valence-electron chi connectivity index (χ1n) is 5.24. The number of carbonyl (C=O) groups is 1. The summed E-state index contributed by atoms with van der Waals surface area (Å²) in [7, 11) is 0. The fourth-order valence-electron chi connectivity index (χ4n) is 1.59. The molecule has 0 heterocycles. The van der Waals surface area contributed by atoms with Crippen molar-refractivity contribution in [2.45, 2.75) is 39.7 Å². The molecule has 2 nitrogen and oxygen atoms in total. The molecule has 0 saturated heterocycles. The molecule has 0 N–H and O–H groups in total. The van der Waals surface area contributed by atoms with Gasteiger partial charge in [0.2, 0.25) is 0 Å². The average molecular weight is 206 g/mol. The van der Waals surface area contributed by atoms with Gasteiger partial charge in [0, 0.05) is 12.8 Å². The molecule has 0 amide bonds. The summed E-state index contributed by atoms with van der Waals surface area (Å²) in [5.74, 6) is 0.0100. The summed E-state index contributed by atoms with van der Waals surface area (Å²) in [5.41, 5.74) is 2.44. The highest BCUT2D eigenvalue weighted by molar-refractivity contribution is 5.66. The van der Waals surface area contributed by atoms with E-state index in [4.69, 9.17) is 4.74 Å². The van der Waals surface area contributed by atoms with Crippen LogP contribution in [0.5, 0.6) is 0 Å². The Morgan fingerprint density at radius 3 is 2.53 bits per heavy atom. The zero-order valence-corrected chi connectivity index (χ0v) is 9.78. The van der Waals surface area contributed by atoms with Crippen LogP contribution in [-0.4, -0.2) is 12.1 Å². The molecule has 1 aromatic carbocycles. The molecule has 0 aliphatic heterocycles. The summed E-state index contributed by atoms with van der Waals surface area (Å²) in [6, 6.07) is 8.29. The second kappa shape index (κ2) is 4.96. The normalized spacial score (nSPS) is 14.4. The lowest BCUT2D eigenvalue weighted by molar-refractivity contribution is -0.146. The van der Waals surface area contributed by atoms with Crippen LogP contribution in [0.4, 0.5) is 0 Å². The van der Waals surface area contributed by atoms with Gasteiger partial charge in [0.15, 0.2) is 0 Å². The van der Waals surface area contributed by atoms with Gasteiger partial charge in [-0.25, -0.2) is 0 Å². The van der Waals surface area contributed by atoms with Crippen LogP contribution in [0.3, 0.4) is 0 Å². The van der Waals surface area contributed by atoms with Crippen LogP contribution >= 0.6 is 0 Å². The predicted octanol–water partition coefficient (Wildman–Crippen LogP) is 3.05. The van der Waals surface area contributed by atoms with Gasteiger partial charge in [-0.15, -0.1) is 0 Å². The molecular formula is C13H18O2. The van der Waals surface area contributed by atoms with Crippen molar-refractivity contribution >= 4 is 5.97 Å². The van der Waals surface area contributed by atoms with Crippen LogP contribution in [0.15, 0.2) is 24.3 Å². The maximum absolute atomic E-state index is 10.8. The lowest BCUT2D eigenvalue weighted by Crippen LogP contribution is -2.19. The Morgan fingerprint density at radius 2 is 2.00 bits per heavy atom. The van der Waals surface area contributed by atoms with E-state index in [0.29, 0.717) is 0 Å². The Balaban J connectivity index is 2.75. The van der Waals surface area contributed by atoms with Crippen molar-refractivity contribution in [3.05, 3.63) is 35.4 Å². The molecule has 0 radical (unpaired) electrons. The van der Waals surface area contributed by atoms with Crippen molar-refractivity contribution in [1.82, 2.24) is 0 Å². The van der Waals surface area contributed by atoms with Crippen LogP contribution in [0.25, 0.3) is 0 Å². The largest absolute Gasteiger partial charge is 0.462 e. The number of benzene rings is 1. The first-order valence-corrected chi connectivity index (χ1v) is 5.24. The molecule has 0 saturated carbocycles. The molecule has 0 aliphatic carbocycles. The highest BCUT2D eigenvalue weighted by Gasteiger charge is 2.16. The minimum atomic E-state index is -0.220. The average Bonchev–Trinajstić information content (AvgIpc) is 2.15. The Bertz CT molecular complexity index is 344. The quantitative estimate of drug-likeness (QED) is 0.710. The van der Waals surface area contributed by atoms with Crippen LogP contribution in [0.1, 0.15) is 37.8 Å². The molecule has 1 aromatic rings. The van der Waals surface area contributed by atoms with Crippen molar-refractivity contribution < 1.29 is 9.53 Å². The van der Waals surface area contributed by atoms with Gasteiger partial charge in [-0.1, -0.05) is 36.8 Å². The minimum absolute atomic E-state index is 0.0794. The first-order chi connectivity index (χ1) is 7.00. The molecular weight excluding hydrogens is 188 g/mol. The zero-order valence-electron chi connectivity index (χ0n) is 9.78. The second-order valence-electron chi connectivity index (χ2n) is 4.02. The van der Waals surface area contributed by atoms with Gasteiger partial charge in [0.25, 0.3) is 0 Å². The summed E-state index contributed by atoms with van der Waals surface area (Å²) in [6.07, 6.45) is -0.0794. The van der Waals surface area contributed by atoms with E-state index in [1.54, 1.807) is 0 Å². The highest BCUT2D eigenvalue weighted by atomic mass is 16.5. The third-order valence-electron chi connectivity index (χ3n) is 2.62. The van der Waals surface area contributed by atoms with Crippen LogP contribution in [0.2, 0.25) is 0 Å². The van der Waals surface area contributed by atoms with E-state index in [1.807, 2.05) is 13.0 Å². The summed E-state index contributed by atoms with van der Waals surface area (Å²) >= 11 is 0. The minimum Gasteiger partial charge on any atom is -0.462 e. The molecule has 2 atom stereocenters. The summed E-state index contributed by atoms with van der Waals surface area (Å²) < 4.78 is 5.17. The molecule has 0 spiro atoms. The molecule has 0 aliphatic rings. The SMILES string of the molecule is CC(=O)O[C@@H](C)[C@@H](C)c1cccc(C)c1. The van der Waals surface area contributed by atoms with E-state index in [1.165, 1.54) is 18.1 Å². The molecule has 82 valence electrons. The van der Waals surface area contributed by atoms with Gasteiger partial charge in [0.05, 0.1) is 0 Å². The van der Waals surface area contributed by atoms with Crippen LogP contribution in [0, 0.1) is 6.92 Å². The van der Waals surface area contributed by atoms with Crippen molar-refractivity contribution in [1.29, 1.82) is 0 Å². The summed E-state index contributed by atoms with van der Waals surface area (Å²) in [4.78, 5) is 10.8. The Morgan fingerprint density at radius 1 is 1.33 bits per heavy atom. The van der Waals surface area contributed by atoms with E-state index in [9.17, 15) is 4.79 Å². The number of rotatable bonds is 3. The molecule has 0 unspecified atom stereocenters. The maximum atomic E-state index is 10.8. The molecule has 1 rings (SSSR count). The van der Waals surface area contributed by atoms with Crippen LogP contribution in [-0.2, 0) is 9.53 Å². The zero-order chi connectivity index (χ0) is 11.4. The third-order valence-corrected chi connectivity index (χ3v) is 2.62. The van der Waals surface area contributed by atoms with E-state index in [2.05, 4.69) is 32.0 Å². The summed E-state index contributed by atoms with van der Waals surface area (Å²) in [5, 5.41) is 0. The van der Waals surface area contributed by atoms with Gasteiger partial charge >= 0.3 is 5.97 Å². The lowest BCUT2D eigenvalue weighted by atomic mass is 9.95. The van der Waals surface area contributed by atoms with E-state index < -0.39 is 0 Å². The fraction of sp³-hybridized carbons (Fsp3) is 0.462. The van der Waals surface area contributed by atoms with Gasteiger partial charge in [-0.3, -0.25) is 4.79 Å². The van der Waals surface area contributed by atoms with Gasteiger partial charge < -0.3 is 4.74 Å². The van der Waals surface area contributed by atoms with Gasteiger partial charge in [0.1, 0.15) is 6.10 Å².